The molecule has 7 heteroatoms. The summed E-state index contributed by atoms with van der Waals surface area (Å²) in [5.41, 5.74) is 4.84. The van der Waals surface area contributed by atoms with Crippen LogP contribution in [0.5, 0.6) is 0 Å². The molecule has 126 valence electrons. The second kappa shape index (κ2) is 4.97. The minimum absolute atomic E-state index is 0.0412. The number of rotatable bonds is 1. The molecule has 2 saturated heterocycles. The molecule has 2 fully saturated rings. The molecule has 2 aliphatic rings. The summed E-state index contributed by atoms with van der Waals surface area (Å²) in [6, 6.07) is 2.24. The van der Waals surface area contributed by atoms with E-state index < -0.39 is 17.2 Å². The lowest BCUT2D eigenvalue weighted by atomic mass is 9.72. The monoisotopic (exact) mass is 325 g/mol. The third-order valence-electron chi connectivity index (χ3n) is 4.11. The number of nitrogens with two attached hydrogens (primary N) is 1. The SMILES string of the molecule is CC(C)(C)OC(=O)N1CC2(C1)CN(c1c(F)cc(N)cc1F)C2. The largest absolute Gasteiger partial charge is 0.444 e. The van der Waals surface area contributed by atoms with Crippen molar-refractivity contribution >= 4 is 17.5 Å². The predicted octanol–water partition coefficient (Wildman–Crippen LogP) is 2.60. The third-order valence-corrected chi connectivity index (χ3v) is 4.11. The zero-order chi connectivity index (χ0) is 17.0. The number of halogens is 2. The van der Waals surface area contributed by atoms with Crippen LogP contribution in [0.1, 0.15) is 20.8 Å². The fourth-order valence-electron chi connectivity index (χ4n) is 3.23. The Morgan fingerprint density at radius 3 is 2.17 bits per heavy atom. The summed E-state index contributed by atoms with van der Waals surface area (Å²) >= 11 is 0. The van der Waals surface area contributed by atoms with Gasteiger partial charge in [0.15, 0.2) is 11.6 Å². The van der Waals surface area contributed by atoms with Gasteiger partial charge in [-0.25, -0.2) is 13.6 Å². The predicted molar refractivity (Wildman–Crippen MR) is 83.2 cm³/mol. The van der Waals surface area contributed by atoms with Gasteiger partial charge in [-0.05, 0) is 32.9 Å². The van der Waals surface area contributed by atoms with Crippen LogP contribution in [0.2, 0.25) is 0 Å². The van der Waals surface area contributed by atoms with E-state index in [0.717, 1.165) is 12.1 Å². The molecule has 5 nitrogen and oxygen atoms in total. The highest BCUT2D eigenvalue weighted by Gasteiger charge is 2.54. The Labute approximate surface area is 134 Å². The molecule has 0 bridgehead atoms. The Kier molecular flexibility index (Phi) is 3.42. The topological polar surface area (TPSA) is 58.8 Å². The van der Waals surface area contributed by atoms with E-state index in [0.29, 0.717) is 26.2 Å². The summed E-state index contributed by atoms with van der Waals surface area (Å²) in [4.78, 5) is 15.2. The molecule has 2 heterocycles. The molecule has 0 saturated carbocycles. The van der Waals surface area contributed by atoms with Gasteiger partial charge in [0.1, 0.15) is 11.3 Å². The maximum Gasteiger partial charge on any atom is 0.410 e. The number of nitrogens with zero attached hydrogens (tertiary/aromatic N) is 2. The molecule has 3 rings (SSSR count). The van der Waals surface area contributed by atoms with Gasteiger partial charge in [-0.2, -0.15) is 0 Å². The number of hydrogen-bond donors (Lipinski definition) is 1. The summed E-state index contributed by atoms with van der Waals surface area (Å²) in [5, 5.41) is 0. The van der Waals surface area contributed by atoms with Gasteiger partial charge in [-0.15, -0.1) is 0 Å². The summed E-state index contributed by atoms with van der Waals surface area (Å²) in [6.45, 7) is 7.59. The lowest BCUT2D eigenvalue weighted by Crippen LogP contribution is -2.73. The van der Waals surface area contributed by atoms with Gasteiger partial charge in [0.25, 0.3) is 0 Å². The lowest BCUT2D eigenvalue weighted by Gasteiger charge is -2.60. The number of carbonyl (C=O) groups is 1. The van der Waals surface area contributed by atoms with Gasteiger partial charge in [0.2, 0.25) is 0 Å². The summed E-state index contributed by atoms with van der Waals surface area (Å²) < 4.78 is 33.1. The quantitative estimate of drug-likeness (QED) is 0.806. The van der Waals surface area contributed by atoms with E-state index in [-0.39, 0.29) is 22.9 Å². The summed E-state index contributed by atoms with van der Waals surface area (Å²) in [6.07, 6.45) is -0.341. The molecule has 2 N–H and O–H groups in total. The molecule has 0 radical (unpaired) electrons. The molecule has 1 amide bonds. The number of nitrogen functional groups attached to an aromatic ring is 1. The zero-order valence-electron chi connectivity index (χ0n) is 13.5. The molecule has 0 unspecified atom stereocenters. The fourth-order valence-corrected chi connectivity index (χ4v) is 3.23. The highest BCUT2D eigenvalue weighted by atomic mass is 19.1. The summed E-state index contributed by atoms with van der Waals surface area (Å²) in [5.74, 6) is -1.30. The molecular weight excluding hydrogens is 304 g/mol. The van der Waals surface area contributed by atoms with Crippen LogP contribution in [-0.2, 0) is 4.74 Å². The minimum atomic E-state index is -0.652. The minimum Gasteiger partial charge on any atom is -0.444 e. The van der Waals surface area contributed by atoms with Crippen molar-refractivity contribution in [2.75, 3.05) is 36.8 Å². The van der Waals surface area contributed by atoms with Crippen molar-refractivity contribution in [1.82, 2.24) is 4.90 Å². The van der Waals surface area contributed by atoms with Crippen molar-refractivity contribution < 1.29 is 18.3 Å². The summed E-state index contributed by atoms with van der Waals surface area (Å²) in [7, 11) is 0. The molecule has 23 heavy (non-hydrogen) atoms. The standard InChI is InChI=1S/C16H21F2N3O2/c1-15(2,3)23-14(22)21-8-16(9-21)6-20(7-16)13-11(17)4-10(19)5-12(13)18/h4-5H,6-9,19H2,1-3H3. The van der Waals surface area contributed by atoms with Crippen LogP contribution in [0.15, 0.2) is 12.1 Å². The van der Waals surface area contributed by atoms with Crippen LogP contribution in [-0.4, -0.2) is 42.8 Å². The Hall–Kier alpha value is -2.05. The van der Waals surface area contributed by atoms with Gasteiger partial charge in [-0.1, -0.05) is 0 Å². The molecule has 1 spiro atoms. The van der Waals surface area contributed by atoms with E-state index >= 15 is 0 Å². The molecule has 0 atom stereocenters. The average molecular weight is 325 g/mol. The maximum atomic E-state index is 13.9. The van der Waals surface area contributed by atoms with Gasteiger partial charge >= 0.3 is 6.09 Å². The van der Waals surface area contributed by atoms with Gasteiger partial charge in [-0.3, -0.25) is 0 Å². The van der Waals surface area contributed by atoms with Gasteiger partial charge in [0, 0.05) is 37.3 Å². The Bertz CT molecular complexity index is 620. The van der Waals surface area contributed by atoms with Crippen LogP contribution < -0.4 is 10.6 Å². The number of amides is 1. The van der Waals surface area contributed by atoms with Crippen molar-refractivity contribution in [2.24, 2.45) is 5.41 Å². The first kappa shape index (κ1) is 15.8. The number of carbonyl (C=O) groups excluding carboxylic acids is 1. The number of anilines is 2. The molecule has 1 aromatic carbocycles. The van der Waals surface area contributed by atoms with Crippen molar-refractivity contribution in [3.05, 3.63) is 23.8 Å². The first-order valence-corrected chi connectivity index (χ1v) is 7.56. The van der Waals surface area contributed by atoms with Crippen molar-refractivity contribution in [3.63, 3.8) is 0 Å². The van der Waals surface area contributed by atoms with Crippen LogP contribution in [0.4, 0.5) is 25.0 Å². The number of hydrogen-bond acceptors (Lipinski definition) is 4. The van der Waals surface area contributed by atoms with Crippen LogP contribution >= 0.6 is 0 Å². The first-order chi connectivity index (χ1) is 10.6. The molecule has 0 aromatic heterocycles. The van der Waals surface area contributed by atoms with Crippen LogP contribution in [0.3, 0.4) is 0 Å². The Balaban J connectivity index is 1.58. The third kappa shape index (κ3) is 2.92. The van der Waals surface area contributed by atoms with E-state index in [1.807, 2.05) is 20.8 Å². The lowest BCUT2D eigenvalue weighted by molar-refractivity contribution is -0.0456. The number of likely N-dealkylation sites (tertiary alicyclic amines) is 1. The maximum absolute atomic E-state index is 13.9. The smallest absolute Gasteiger partial charge is 0.410 e. The van der Waals surface area contributed by atoms with Crippen LogP contribution in [0.25, 0.3) is 0 Å². The van der Waals surface area contributed by atoms with E-state index in [1.165, 1.54) is 0 Å². The molecule has 1 aromatic rings. The van der Waals surface area contributed by atoms with Crippen molar-refractivity contribution in [3.8, 4) is 0 Å². The van der Waals surface area contributed by atoms with Crippen molar-refractivity contribution in [1.29, 1.82) is 0 Å². The zero-order valence-corrected chi connectivity index (χ0v) is 13.5. The van der Waals surface area contributed by atoms with Crippen molar-refractivity contribution in [2.45, 2.75) is 26.4 Å². The van der Waals surface area contributed by atoms with Gasteiger partial charge < -0.3 is 20.3 Å². The van der Waals surface area contributed by atoms with E-state index in [4.69, 9.17) is 10.5 Å². The highest BCUT2D eigenvalue weighted by Crippen LogP contribution is 2.43. The van der Waals surface area contributed by atoms with E-state index in [1.54, 1.807) is 9.80 Å². The van der Waals surface area contributed by atoms with Crippen LogP contribution in [0, 0.1) is 17.0 Å². The first-order valence-electron chi connectivity index (χ1n) is 7.56. The molecular formula is C16H21F2N3O2. The van der Waals surface area contributed by atoms with Gasteiger partial charge in [0.05, 0.1) is 0 Å². The molecule has 0 aliphatic carbocycles. The average Bonchev–Trinajstić information content (AvgIpc) is 2.25. The second-order valence-corrected chi connectivity index (χ2v) is 7.53. The Morgan fingerprint density at radius 2 is 1.70 bits per heavy atom. The fraction of sp³-hybridized carbons (Fsp3) is 0.562. The normalized spacial score (nSPS) is 19.3. The Morgan fingerprint density at radius 1 is 1.17 bits per heavy atom. The highest BCUT2D eigenvalue weighted by molar-refractivity contribution is 5.70. The number of benzene rings is 1. The van der Waals surface area contributed by atoms with E-state index in [2.05, 4.69) is 0 Å². The second-order valence-electron chi connectivity index (χ2n) is 7.53. The van der Waals surface area contributed by atoms with E-state index in [9.17, 15) is 13.6 Å². The number of ether oxygens (including phenoxy) is 1. The molecule has 2 aliphatic heterocycles.